The molecule has 1 atom stereocenters. The summed E-state index contributed by atoms with van der Waals surface area (Å²) in [4.78, 5) is 14.9. The molecule has 3 fully saturated rings. The van der Waals surface area contributed by atoms with Crippen molar-refractivity contribution in [2.24, 2.45) is 7.05 Å². The first-order valence-electron chi connectivity index (χ1n) is 10.6. The van der Waals surface area contributed by atoms with Crippen LogP contribution in [0.1, 0.15) is 50.3 Å². The van der Waals surface area contributed by atoms with Gasteiger partial charge in [0.05, 0.1) is 17.7 Å². The van der Waals surface area contributed by atoms with Crippen molar-refractivity contribution in [3.63, 3.8) is 0 Å². The average Bonchev–Trinajstić information content (AvgIpc) is 3.45. The molecule has 0 radical (unpaired) electrons. The highest BCUT2D eigenvalue weighted by molar-refractivity contribution is 5.87. The monoisotopic (exact) mass is 370 g/mol. The molecule has 0 N–H and O–H groups in total. The molecule has 0 spiro atoms. The third-order valence-electron chi connectivity index (χ3n) is 6.47. The lowest BCUT2D eigenvalue weighted by Gasteiger charge is -2.36. The van der Waals surface area contributed by atoms with E-state index >= 15 is 0 Å². The van der Waals surface area contributed by atoms with Crippen molar-refractivity contribution in [3.8, 4) is 0 Å². The van der Waals surface area contributed by atoms with Gasteiger partial charge in [-0.15, -0.1) is 0 Å². The normalized spacial score (nSPS) is 25.1. The SMILES string of the molecule is Cn1ncc2c(N3CCN(C[C@H]4CCCO4)CC3)nc(C3CCCC3)nc21. The molecule has 0 amide bonds. The van der Waals surface area contributed by atoms with Gasteiger partial charge in [-0.3, -0.25) is 9.58 Å². The van der Waals surface area contributed by atoms with Crippen LogP contribution in [-0.4, -0.2) is 70.1 Å². The fourth-order valence-corrected chi connectivity index (χ4v) is 4.85. The van der Waals surface area contributed by atoms with E-state index in [4.69, 9.17) is 14.7 Å². The molecule has 0 bridgehead atoms. The van der Waals surface area contributed by atoms with Crippen LogP contribution in [-0.2, 0) is 11.8 Å². The van der Waals surface area contributed by atoms with E-state index in [1.165, 1.54) is 38.5 Å². The Hall–Kier alpha value is -1.73. The Balaban J connectivity index is 1.36. The van der Waals surface area contributed by atoms with E-state index in [1.807, 2.05) is 17.9 Å². The molecule has 7 heteroatoms. The quantitative estimate of drug-likeness (QED) is 0.823. The smallest absolute Gasteiger partial charge is 0.163 e. The standard InChI is InChI=1S/C20H30N6O/c1-24-19-17(13-21-24)20(23-18(22-19)15-5-2-3-6-15)26-10-8-25(9-11-26)14-16-7-4-12-27-16/h13,15-16H,2-12,14H2,1H3/t16-/m1/s1. The molecular formula is C20H30N6O. The topological polar surface area (TPSA) is 59.3 Å². The van der Waals surface area contributed by atoms with Crippen molar-refractivity contribution in [1.82, 2.24) is 24.6 Å². The summed E-state index contributed by atoms with van der Waals surface area (Å²) in [6, 6.07) is 0. The maximum absolute atomic E-state index is 5.81. The zero-order chi connectivity index (χ0) is 18.2. The minimum Gasteiger partial charge on any atom is -0.377 e. The Bertz CT molecular complexity index is 785. The highest BCUT2D eigenvalue weighted by atomic mass is 16.5. The molecule has 1 saturated carbocycles. The van der Waals surface area contributed by atoms with Crippen LogP contribution in [0.4, 0.5) is 5.82 Å². The molecule has 0 unspecified atom stereocenters. The predicted molar refractivity (Wildman–Crippen MR) is 105 cm³/mol. The summed E-state index contributed by atoms with van der Waals surface area (Å²) in [7, 11) is 1.98. The second-order valence-corrected chi connectivity index (χ2v) is 8.31. The van der Waals surface area contributed by atoms with Crippen molar-refractivity contribution in [3.05, 3.63) is 12.0 Å². The molecule has 2 aromatic rings. The summed E-state index contributed by atoms with van der Waals surface area (Å²) in [5.74, 6) is 2.64. The molecule has 4 heterocycles. The lowest BCUT2D eigenvalue weighted by Crippen LogP contribution is -2.48. The highest BCUT2D eigenvalue weighted by Gasteiger charge is 2.27. The van der Waals surface area contributed by atoms with Crippen molar-refractivity contribution < 1.29 is 4.74 Å². The Morgan fingerprint density at radius 2 is 1.85 bits per heavy atom. The number of hydrogen-bond acceptors (Lipinski definition) is 6. The van der Waals surface area contributed by atoms with Gasteiger partial charge in [-0.1, -0.05) is 12.8 Å². The van der Waals surface area contributed by atoms with Gasteiger partial charge < -0.3 is 9.64 Å². The molecule has 0 aromatic carbocycles. The minimum atomic E-state index is 0.439. The van der Waals surface area contributed by atoms with Crippen LogP contribution in [0.5, 0.6) is 0 Å². The van der Waals surface area contributed by atoms with E-state index in [0.717, 1.165) is 62.0 Å². The number of piperazine rings is 1. The molecule has 27 heavy (non-hydrogen) atoms. The summed E-state index contributed by atoms with van der Waals surface area (Å²) in [5.41, 5.74) is 0.976. The van der Waals surface area contributed by atoms with Crippen LogP contribution in [0, 0.1) is 0 Å². The third kappa shape index (κ3) is 3.43. The third-order valence-corrected chi connectivity index (χ3v) is 6.47. The molecule has 2 aromatic heterocycles. The average molecular weight is 371 g/mol. The van der Waals surface area contributed by atoms with E-state index in [9.17, 15) is 0 Å². The van der Waals surface area contributed by atoms with Gasteiger partial charge >= 0.3 is 0 Å². The van der Waals surface area contributed by atoms with Gasteiger partial charge in [-0.25, -0.2) is 9.97 Å². The summed E-state index contributed by atoms with van der Waals surface area (Å²) >= 11 is 0. The largest absolute Gasteiger partial charge is 0.377 e. The maximum Gasteiger partial charge on any atom is 0.163 e. The highest BCUT2D eigenvalue weighted by Crippen LogP contribution is 2.35. The molecule has 2 saturated heterocycles. The lowest BCUT2D eigenvalue weighted by atomic mass is 10.1. The van der Waals surface area contributed by atoms with Crippen LogP contribution in [0.2, 0.25) is 0 Å². The number of fused-ring (bicyclic) bond motifs is 1. The van der Waals surface area contributed by atoms with E-state index in [2.05, 4.69) is 14.9 Å². The first-order valence-corrected chi connectivity index (χ1v) is 10.6. The van der Waals surface area contributed by atoms with E-state index in [0.29, 0.717) is 12.0 Å². The fourth-order valence-electron chi connectivity index (χ4n) is 4.85. The number of aromatic nitrogens is 4. The summed E-state index contributed by atoms with van der Waals surface area (Å²) < 4.78 is 7.71. The Kier molecular flexibility index (Phi) is 4.73. The molecule has 3 aliphatic rings. The number of ether oxygens (including phenoxy) is 1. The summed E-state index contributed by atoms with van der Waals surface area (Å²) in [6.07, 6.45) is 9.85. The van der Waals surface area contributed by atoms with Crippen LogP contribution >= 0.6 is 0 Å². The molecule has 146 valence electrons. The van der Waals surface area contributed by atoms with Crippen LogP contribution in [0.3, 0.4) is 0 Å². The number of hydrogen-bond donors (Lipinski definition) is 0. The number of aryl methyl sites for hydroxylation is 1. The van der Waals surface area contributed by atoms with Crippen molar-refractivity contribution in [2.75, 3.05) is 44.2 Å². The van der Waals surface area contributed by atoms with Crippen molar-refractivity contribution in [1.29, 1.82) is 0 Å². The maximum atomic E-state index is 5.81. The van der Waals surface area contributed by atoms with E-state index in [1.54, 1.807) is 0 Å². The van der Waals surface area contributed by atoms with Crippen LogP contribution in [0.25, 0.3) is 11.0 Å². The van der Waals surface area contributed by atoms with Gasteiger partial charge in [0.2, 0.25) is 0 Å². The van der Waals surface area contributed by atoms with Crippen molar-refractivity contribution >= 4 is 16.9 Å². The first kappa shape index (κ1) is 17.4. The molecule has 2 aliphatic heterocycles. The van der Waals surface area contributed by atoms with E-state index < -0.39 is 0 Å². The minimum absolute atomic E-state index is 0.439. The Morgan fingerprint density at radius 1 is 1.04 bits per heavy atom. The number of rotatable bonds is 4. The second-order valence-electron chi connectivity index (χ2n) is 8.31. The zero-order valence-electron chi connectivity index (χ0n) is 16.3. The van der Waals surface area contributed by atoms with Gasteiger partial charge in [0.25, 0.3) is 0 Å². The molecular weight excluding hydrogens is 340 g/mol. The zero-order valence-corrected chi connectivity index (χ0v) is 16.3. The second kappa shape index (κ2) is 7.36. The van der Waals surface area contributed by atoms with E-state index in [-0.39, 0.29) is 0 Å². The van der Waals surface area contributed by atoms with Gasteiger partial charge in [-0.05, 0) is 25.7 Å². The number of nitrogens with zero attached hydrogens (tertiary/aromatic N) is 6. The number of anilines is 1. The first-order chi connectivity index (χ1) is 13.3. The van der Waals surface area contributed by atoms with Crippen LogP contribution < -0.4 is 4.90 Å². The molecule has 1 aliphatic carbocycles. The van der Waals surface area contributed by atoms with Gasteiger partial charge in [-0.2, -0.15) is 5.10 Å². The van der Waals surface area contributed by atoms with Gasteiger partial charge in [0, 0.05) is 52.3 Å². The lowest BCUT2D eigenvalue weighted by molar-refractivity contribution is 0.0712. The summed E-state index contributed by atoms with van der Waals surface area (Å²) in [5, 5.41) is 5.55. The summed E-state index contributed by atoms with van der Waals surface area (Å²) in [6.45, 7) is 6.19. The molecule has 7 nitrogen and oxygen atoms in total. The van der Waals surface area contributed by atoms with Gasteiger partial charge in [0.15, 0.2) is 5.65 Å². The predicted octanol–water partition coefficient (Wildman–Crippen LogP) is 2.32. The fraction of sp³-hybridized carbons (Fsp3) is 0.750. The van der Waals surface area contributed by atoms with Crippen molar-refractivity contribution in [2.45, 2.75) is 50.5 Å². The Labute approximate surface area is 160 Å². The molecule has 5 rings (SSSR count). The Morgan fingerprint density at radius 3 is 2.59 bits per heavy atom. The van der Waals surface area contributed by atoms with Gasteiger partial charge in [0.1, 0.15) is 11.6 Å². The van der Waals surface area contributed by atoms with Crippen LogP contribution in [0.15, 0.2) is 6.20 Å².